The van der Waals surface area contributed by atoms with Gasteiger partial charge in [0.25, 0.3) is 8.32 Å². The molecule has 2 N–H and O–H groups in total. The van der Waals surface area contributed by atoms with Crippen molar-refractivity contribution in [3.63, 3.8) is 0 Å². The van der Waals surface area contributed by atoms with E-state index in [-0.39, 0.29) is 22.1 Å². The van der Waals surface area contributed by atoms with Gasteiger partial charge in [-0.2, -0.15) is 0 Å². The van der Waals surface area contributed by atoms with Gasteiger partial charge in [-0.1, -0.05) is 168 Å². The van der Waals surface area contributed by atoms with E-state index in [0.717, 1.165) is 22.4 Å². The molecule has 12 heteroatoms. The lowest BCUT2D eigenvalue weighted by Gasteiger charge is -2.45. The zero-order valence-corrected chi connectivity index (χ0v) is 43.5. The fourth-order valence-corrected chi connectivity index (χ4v) is 13.3. The van der Waals surface area contributed by atoms with Crippen molar-refractivity contribution in [3.8, 4) is 0 Å². The predicted octanol–water partition coefficient (Wildman–Crippen LogP) is 11.4. The monoisotopic (exact) mass is 999 g/mol. The molecule has 2 aromatic rings. The third-order valence-corrected chi connectivity index (χ3v) is 22.1. The molecule has 0 aliphatic carbocycles. The van der Waals surface area contributed by atoms with E-state index in [1.807, 2.05) is 66.5 Å². The zero-order valence-electron chi connectivity index (χ0n) is 39.4. The van der Waals surface area contributed by atoms with Gasteiger partial charge in [-0.25, -0.2) is 14.4 Å². The second-order valence-corrected chi connectivity index (χ2v) is 28.2. The van der Waals surface area contributed by atoms with Gasteiger partial charge in [0, 0.05) is 24.0 Å². The highest BCUT2D eigenvalue weighted by Gasteiger charge is 2.52. The van der Waals surface area contributed by atoms with Crippen LogP contribution < -0.4 is 16.1 Å². The Morgan fingerprint density at radius 2 is 1.40 bits per heavy atom. The summed E-state index contributed by atoms with van der Waals surface area (Å²) in [7, 11) is -4.07. The molecule has 0 unspecified atom stereocenters. The molecule has 0 saturated heterocycles. The summed E-state index contributed by atoms with van der Waals surface area (Å²) in [6.45, 7) is 27.3. The van der Waals surface area contributed by atoms with Crippen molar-refractivity contribution in [3.05, 3.63) is 119 Å². The third kappa shape index (κ3) is 16.9. The minimum absolute atomic E-state index is 0.0573. The third-order valence-electron chi connectivity index (χ3n) is 11.5. The number of rotatable bonds is 24. The van der Waals surface area contributed by atoms with E-state index in [4.69, 9.17) is 28.8 Å². The maximum Gasteiger partial charge on any atom is 0.404 e. The number of allylic oxidation sites excluding steroid dienone is 2. The van der Waals surface area contributed by atoms with Crippen LogP contribution >= 0.6 is 22.6 Å². The molecule has 0 saturated carbocycles. The summed E-state index contributed by atoms with van der Waals surface area (Å²) in [5.74, 6) is -1.07. The van der Waals surface area contributed by atoms with E-state index in [0.29, 0.717) is 37.7 Å². The van der Waals surface area contributed by atoms with Gasteiger partial charge < -0.3 is 28.8 Å². The molecule has 0 aliphatic heterocycles. The van der Waals surface area contributed by atoms with E-state index < -0.39 is 53.0 Å². The number of esters is 2. The SMILES string of the molecule is C=CCC[C@H](OC(N)=O)[C@H](/C=C/[C@H](CCC/C=C/C(=O)O[C@H](C/C(C)=C/I)[C@H](C)/C=C(\C)C(=O)OC)O[Si](C)(C)C(C)(C)C)O[Si](c1ccccc1)(c1ccccc1)C(C)(C)C. The van der Waals surface area contributed by atoms with Gasteiger partial charge in [0.2, 0.25) is 0 Å². The zero-order chi connectivity index (χ0) is 46.7. The number of ether oxygens (including phenoxy) is 3. The van der Waals surface area contributed by atoms with Crippen molar-refractivity contribution in [1.29, 1.82) is 0 Å². The molecule has 0 radical (unpaired) electrons. The molecular weight excluding hydrogens is 926 g/mol. The van der Waals surface area contributed by atoms with Gasteiger partial charge in [-0.3, -0.25) is 0 Å². The van der Waals surface area contributed by atoms with Crippen LogP contribution in [-0.2, 0) is 32.7 Å². The number of unbranched alkanes of at least 4 members (excludes halogenated alkanes) is 1. The standard InChI is InChI=1S/C50H74INO8Si2/c1-14-15-30-43(58-48(52)55)44(60-62(50(8,9)10,41-26-20-17-21-27-41)42-28-22-18-23-29-42)33-32-40(59-61(12,13)49(5,6)7)25-19-16-24-31-46(53)57-45(34-37(2)36-51)38(3)35-39(4)47(54)56-11/h14,17-18,20-24,26-29,31-33,35-36,38,40,43-45H,1,15-16,19,25,30,34H2,2-13H3,(H2,52,55)/b31-24+,33-32+,37-36+,39-35+/t38-,40+,43+,44+,45-/m1/s1. The van der Waals surface area contributed by atoms with Crippen LogP contribution in [0.4, 0.5) is 4.79 Å². The smallest absolute Gasteiger partial charge is 0.404 e. The number of hydrogen-bond donors (Lipinski definition) is 1. The summed E-state index contributed by atoms with van der Waals surface area (Å²) in [5.41, 5.74) is 7.27. The fraction of sp³-hybridized carbons (Fsp3) is 0.500. The Labute approximate surface area is 389 Å². The van der Waals surface area contributed by atoms with Gasteiger partial charge >= 0.3 is 18.0 Å². The summed E-state index contributed by atoms with van der Waals surface area (Å²) in [4.78, 5) is 37.7. The highest BCUT2D eigenvalue weighted by Crippen LogP contribution is 2.40. The molecule has 0 aliphatic rings. The van der Waals surface area contributed by atoms with Gasteiger partial charge in [0.15, 0.2) is 8.32 Å². The number of benzene rings is 2. The van der Waals surface area contributed by atoms with Crippen LogP contribution in [-0.4, -0.2) is 66.2 Å². The molecule has 2 aromatic carbocycles. The van der Waals surface area contributed by atoms with Crippen molar-refractivity contribution in [1.82, 2.24) is 0 Å². The Hall–Kier alpha value is -3.57. The predicted molar refractivity (Wildman–Crippen MR) is 268 cm³/mol. The Morgan fingerprint density at radius 1 is 0.823 bits per heavy atom. The van der Waals surface area contributed by atoms with Crippen LogP contribution in [0.25, 0.3) is 0 Å². The van der Waals surface area contributed by atoms with Crippen LogP contribution in [0, 0.1) is 5.92 Å². The van der Waals surface area contributed by atoms with E-state index in [1.54, 1.807) is 19.1 Å². The number of methoxy groups -OCH3 is 1. The number of carbonyl (C=O) groups excluding carboxylic acids is 3. The Balaban J connectivity index is 2.56. The van der Waals surface area contributed by atoms with E-state index in [9.17, 15) is 14.4 Å². The summed E-state index contributed by atoms with van der Waals surface area (Å²) < 4.78 is 33.4. The molecule has 2 rings (SSSR count). The van der Waals surface area contributed by atoms with Crippen LogP contribution in [0.3, 0.4) is 0 Å². The van der Waals surface area contributed by atoms with Gasteiger partial charge in [0.05, 0.1) is 13.2 Å². The molecule has 0 fully saturated rings. The van der Waals surface area contributed by atoms with Crippen LogP contribution in [0.1, 0.15) is 101 Å². The first-order chi connectivity index (χ1) is 29.0. The number of primary amides is 1. The molecule has 0 spiro atoms. The number of hydrogen-bond acceptors (Lipinski definition) is 8. The van der Waals surface area contributed by atoms with Gasteiger partial charge in [-0.05, 0) is 83.6 Å². The second kappa shape index (κ2) is 25.7. The molecule has 342 valence electrons. The average molecular weight is 1000 g/mol. The van der Waals surface area contributed by atoms with Crippen LogP contribution in [0.5, 0.6) is 0 Å². The lowest BCUT2D eigenvalue weighted by atomic mass is 9.96. The molecule has 0 heterocycles. The lowest BCUT2D eigenvalue weighted by molar-refractivity contribution is -0.144. The largest absolute Gasteiger partial charge is 0.466 e. The van der Waals surface area contributed by atoms with Crippen molar-refractivity contribution in [2.24, 2.45) is 11.7 Å². The summed E-state index contributed by atoms with van der Waals surface area (Å²) in [5, 5.41) is 1.80. The Morgan fingerprint density at radius 3 is 1.89 bits per heavy atom. The molecule has 1 amide bonds. The van der Waals surface area contributed by atoms with Crippen LogP contribution in [0.2, 0.25) is 23.2 Å². The maximum absolute atomic E-state index is 13.1. The Kier molecular flexibility index (Phi) is 22.6. The van der Waals surface area contributed by atoms with Crippen molar-refractivity contribution in [2.75, 3.05) is 7.11 Å². The fourth-order valence-electron chi connectivity index (χ4n) is 7.07. The first-order valence-corrected chi connectivity index (χ1v) is 27.7. The highest BCUT2D eigenvalue weighted by atomic mass is 127. The number of amides is 1. The first-order valence-electron chi connectivity index (χ1n) is 21.6. The average Bonchev–Trinajstić information content (AvgIpc) is 3.21. The molecule has 62 heavy (non-hydrogen) atoms. The lowest BCUT2D eigenvalue weighted by Crippen LogP contribution is -2.68. The maximum atomic E-state index is 13.1. The molecular formula is C50H74INO8Si2. The first kappa shape index (κ1) is 54.6. The second-order valence-electron chi connectivity index (χ2n) is 18.6. The minimum atomic E-state index is -3.13. The molecule has 0 bridgehead atoms. The summed E-state index contributed by atoms with van der Waals surface area (Å²) >= 11 is 2.18. The van der Waals surface area contributed by atoms with E-state index in [1.165, 1.54) is 13.2 Å². The van der Waals surface area contributed by atoms with Crippen molar-refractivity contribution >= 4 is 67.6 Å². The van der Waals surface area contributed by atoms with E-state index >= 15 is 0 Å². The minimum Gasteiger partial charge on any atom is -0.466 e. The topological polar surface area (TPSA) is 123 Å². The van der Waals surface area contributed by atoms with Crippen molar-refractivity contribution < 1.29 is 37.4 Å². The van der Waals surface area contributed by atoms with Crippen LogP contribution in [0.15, 0.2) is 119 Å². The quantitative estimate of drug-likeness (QED) is 0.0210. The molecule has 5 atom stereocenters. The normalized spacial score (nSPS) is 15.8. The summed E-state index contributed by atoms with van der Waals surface area (Å²) in [6.07, 6.45) is 11.6. The summed E-state index contributed by atoms with van der Waals surface area (Å²) in [6, 6.07) is 20.7. The number of nitrogens with two attached hydrogens (primary N) is 1. The molecule has 9 nitrogen and oxygen atoms in total. The van der Waals surface area contributed by atoms with E-state index in [2.05, 4.69) is 114 Å². The highest BCUT2D eigenvalue weighted by molar-refractivity contribution is 14.1. The van der Waals surface area contributed by atoms with Gasteiger partial charge in [-0.15, -0.1) is 6.58 Å². The number of carbonyl (C=O) groups is 3. The molecule has 0 aromatic heterocycles. The Bertz CT molecular complexity index is 1810. The number of halogens is 1. The van der Waals surface area contributed by atoms with Gasteiger partial charge in [0.1, 0.15) is 18.3 Å². The van der Waals surface area contributed by atoms with Crippen molar-refractivity contribution in [2.45, 2.75) is 148 Å².